The molecule has 2 rings (SSSR count). The van der Waals surface area contributed by atoms with Crippen LogP contribution in [0.4, 0.5) is 0 Å². The molecule has 0 amide bonds. The topological polar surface area (TPSA) is 45.1 Å². The van der Waals surface area contributed by atoms with E-state index in [9.17, 15) is 5.02 Å². The first kappa shape index (κ1) is 15.0. The van der Waals surface area contributed by atoms with Gasteiger partial charge in [0, 0.05) is 0 Å². The molecule has 0 aromatic heterocycles. The van der Waals surface area contributed by atoms with Gasteiger partial charge in [-0.1, -0.05) is 0 Å². The zero-order chi connectivity index (χ0) is 13.8. The molecule has 0 bridgehead atoms. The fraction of sp³-hybridized carbons (Fsp3) is 1.00. The first-order chi connectivity index (χ1) is 9.15. The third kappa shape index (κ3) is 3.40. The van der Waals surface area contributed by atoms with Crippen LogP contribution in [0.3, 0.4) is 0 Å². The van der Waals surface area contributed by atoms with Crippen LogP contribution in [0.2, 0.25) is 6.82 Å². The quantitative estimate of drug-likeness (QED) is 0.787. The average Bonchev–Trinajstić information content (AvgIpc) is 2.85. The molecule has 2 aliphatic rings. The minimum atomic E-state index is -0.339. The second-order valence-electron chi connectivity index (χ2n) is 6.12. The van der Waals surface area contributed by atoms with Gasteiger partial charge >= 0.3 is 117 Å². The first-order valence-corrected chi connectivity index (χ1v) is 7.63. The van der Waals surface area contributed by atoms with Crippen LogP contribution >= 0.6 is 0 Å². The molecule has 4 unspecified atom stereocenters. The summed E-state index contributed by atoms with van der Waals surface area (Å²) in [6.07, 6.45) is 6.08. The first-order valence-electron chi connectivity index (χ1n) is 7.63. The molecule has 6 heteroatoms. The van der Waals surface area contributed by atoms with Crippen molar-refractivity contribution in [1.29, 1.82) is 0 Å². The van der Waals surface area contributed by atoms with Gasteiger partial charge in [0.2, 0.25) is 0 Å². The zero-order valence-corrected chi connectivity index (χ0v) is 12.5. The Morgan fingerprint density at radius 2 is 2.11 bits per heavy atom. The molecule has 0 aromatic carbocycles. The van der Waals surface area contributed by atoms with E-state index in [4.69, 9.17) is 4.65 Å². The summed E-state index contributed by atoms with van der Waals surface area (Å²) >= 11 is 0. The van der Waals surface area contributed by atoms with E-state index in [0.717, 1.165) is 13.0 Å². The summed E-state index contributed by atoms with van der Waals surface area (Å²) in [5.74, 6) is 1.23. The third-order valence-corrected chi connectivity index (χ3v) is 4.88. The summed E-state index contributed by atoms with van der Waals surface area (Å²) in [7, 11) is 2.91. The van der Waals surface area contributed by atoms with E-state index in [1.165, 1.54) is 25.7 Å². The molecular formula is C13H26B2N2O2. The zero-order valence-electron chi connectivity index (χ0n) is 12.5. The van der Waals surface area contributed by atoms with Gasteiger partial charge in [0.15, 0.2) is 0 Å². The van der Waals surface area contributed by atoms with Crippen molar-refractivity contribution in [3.63, 3.8) is 0 Å². The Balaban J connectivity index is 2.14. The summed E-state index contributed by atoms with van der Waals surface area (Å²) in [4.78, 5) is 6.88. The fourth-order valence-corrected chi connectivity index (χ4v) is 4.05. The van der Waals surface area contributed by atoms with Crippen LogP contribution in [-0.2, 0) is 4.65 Å². The molecule has 0 radical (unpaired) electrons. The van der Waals surface area contributed by atoms with Crippen molar-refractivity contribution in [3.05, 3.63) is 0 Å². The van der Waals surface area contributed by atoms with E-state index in [1.807, 2.05) is 6.82 Å². The van der Waals surface area contributed by atoms with Gasteiger partial charge in [0.1, 0.15) is 0 Å². The predicted molar refractivity (Wildman–Crippen MR) is 79.0 cm³/mol. The molecule has 1 saturated carbocycles. The van der Waals surface area contributed by atoms with Crippen LogP contribution in [0.1, 0.15) is 39.0 Å². The van der Waals surface area contributed by atoms with E-state index in [2.05, 4.69) is 16.6 Å². The molecule has 4 nitrogen and oxygen atoms in total. The molecule has 106 valence electrons. The molecule has 1 aliphatic carbocycles. The van der Waals surface area contributed by atoms with Crippen LogP contribution in [-0.4, -0.2) is 49.9 Å². The van der Waals surface area contributed by atoms with Crippen molar-refractivity contribution in [1.82, 2.24) is 4.81 Å². The van der Waals surface area contributed by atoms with E-state index >= 15 is 0 Å². The monoisotopic (exact) mass is 264 g/mol. The predicted octanol–water partition coefficient (Wildman–Crippen LogP) is 1.82. The number of hydrogen-bond donors (Lipinski definition) is 1. The van der Waals surface area contributed by atoms with Crippen molar-refractivity contribution in [2.75, 3.05) is 13.7 Å². The molecule has 1 heterocycles. The van der Waals surface area contributed by atoms with E-state index in [-0.39, 0.29) is 7.05 Å². The van der Waals surface area contributed by atoms with Crippen LogP contribution in [0.5, 0.6) is 0 Å². The molecule has 4 atom stereocenters. The maximum absolute atomic E-state index is 9.96. The Bertz CT molecular complexity index is 315. The van der Waals surface area contributed by atoms with Gasteiger partial charge in [-0.15, -0.1) is 0 Å². The van der Waals surface area contributed by atoms with Crippen LogP contribution in [0.25, 0.3) is 0 Å². The third-order valence-electron chi connectivity index (χ3n) is 4.88. The van der Waals surface area contributed by atoms with Crippen LogP contribution < -0.4 is 0 Å². The summed E-state index contributed by atoms with van der Waals surface area (Å²) in [6.45, 7) is 5.25. The molecule has 19 heavy (non-hydrogen) atoms. The normalized spacial score (nSPS) is 36.4. The average molecular weight is 264 g/mol. The van der Waals surface area contributed by atoms with Gasteiger partial charge in [0.05, 0.1) is 0 Å². The van der Waals surface area contributed by atoms with Gasteiger partial charge in [-0.2, -0.15) is 0 Å². The van der Waals surface area contributed by atoms with Crippen molar-refractivity contribution in [2.24, 2.45) is 16.7 Å². The van der Waals surface area contributed by atoms with Crippen molar-refractivity contribution >= 4 is 14.3 Å². The molecule has 1 aliphatic heterocycles. The summed E-state index contributed by atoms with van der Waals surface area (Å²) in [5, 5.41) is 9.96. The maximum atomic E-state index is 9.96. The SMILES string of the molecule is COB=NC1CCCC(C)C1C1CCCN1B(C)O. The van der Waals surface area contributed by atoms with Crippen LogP contribution in [0, 0.1) is 11.8 Å². The molecule has 0 spiro atoms. The summed E-state index contributed by atoms with van der Waals surface area (Å²) < 4.78 is 5.01. The molecule has 1 saturated heterocycles. The summed E-state index contributed by atoms with van der Waals surface area (Å²) in [5.41, 5.74) is 0. The molecular weight excluding hydrogens is 238 g/mol. The molecule has 0 aromatic rings. The van der Waals surface area contributed by atoms with Crippen molar-refractivity contribution in [3.8, 4) is 0 Å². The second kappa shape index (κ2) is 6.89. The van der Waals surface area contributed by atoms with Crippen LogP contribution in [0.15, 0.2) is 4.90 Å². The Kier molecular flexibility index (Phi) is 5.46. The number of nitrogens with zero attached hydrogens (tertiary/aromatic N) is 2. The van der Waals surface area contributed by atoms with E-state index in [1.54, 1.807) is 14.4 Å². The van der Waals surface area contributed by atoms with Crippen molar-refractivity contribution in [2.45, 2.75) is 57.9 Å². The van der Waals surface area contributed by atoms with E-state index in [0.29, 0.717) is 23.9 Å². The number of hydrogen-bond acceptors (Lipinski definition) is 4. The second-order valence-corrected chi connectivity index (χ2v) is 6.12. The van der Waals surface area contributed by atoms with Gasteiger partial charge < -0.3 is 0 Å². The Hall–Kier alpha value is -0.350. The Morgan fingerprint density at radius 1 is 1.32 bits per heavy atom. The standard InChI is InChI=1S/C13H26B2N2O2/c1-10-6-4-7-11(16-14-19-3)13(10)12-8-5-9-17(12)15(2)18/h10-13,18H,4-9H2,1-3H3. The van der Waals surface area contributed by atoms with Gasteiger partial charge in [-0.25, -0.2) is 0 Å². The van der Waals surface area contributed by atoms with Gasteiger partial charge in [-0.05, 0) is 0 Å². The minimum absolute atomic E-state index is 0.339. The number of rotatable bonds is 4. The van der Waals surface area contributed by atoms with Gasteiger partial charge in [0.25, 0.3) is 0 Å². The Labute approximate surface area is 118 Å². The van der Waals surface area contributed by atoms with E-state index < -0.39 is 0 Å². The molecule has 2 fully saturated rings. The fourth-order valence-electron chi connectivity index (χ4n) is 4.05. The Morgan fingerprint density at radius 3 is 2.79 bits per heavy atom. The van der Waals surface area contributed by atoms with Gasteiger partial charge in [-0.3, -0.25) is 0 Å². The molecule has 1 N–H and O–H groups in total. The van der Waals surface area contributed by atoms with Crippen molar-refractivity contribution < 1.29 is 9.68 Å². The summed E-state index contributed by atoms with van der Waals surface area (Å²) in [6, 6.07) is 0.836.